The van der Waals surface area contributed by atoms with Crippen molar-refractivity contribution in [2.45, 2.75) is 32.9 Å². The van der Waals surface area contributed by atoms with Crippen molar-refractivity contribution in [3.63, 3.8) is 0 Å². The number of aryl methyl sites for hydroxylation is 1. The highest BCUT2D eigenvalue weighted by molar-refractivity contribution is 5.91. The number of anilines is 1. The molecule has 3 rings (SSSR count). The predicted octanol–water partition coefficient (Wildman–Crippen LogP) is 3.73. The zero-order chi connectivity index (χ0) is 23.3. The number of carbonyl (C=O) groups is 2. The summed E-state index contributed by atoms with van der Waals surface area (Å²) in [5, 5.41) is 9.72. The summed E-state index contributed by atoms with van der Waals surface area (Å²) in [6.07, 6.45) is 1.49. The first-order valence-corrected chi connectivity index (χ1v) is 9.94. The third kappa shape index (κ3) is 5.69. The average Bonchev–Trinajstić information content (AvgIpc) is 3.09. The van der Waals surface area contributed by atoms with Gasteiger partial charge in [0.25, 0.3) is 0 Å². The first kappa shape index (κ1) is 22.9. The molecule has 0 bridgehead atoms. The second kappa shape index (κ2) is 10.0. The van der Waals surface area contributed by atoms with E-state index in [1.807, 2.05) is 0 Å². The minimum absolute atomic E-state index is 0.0369. The van der Waals surface area contributed by atoms with Crippen LogP contribution in [0.25, 0.3) is 0 Å². The lowest BCUT2D eigenvalue weighted by atomic mass is 10.0. The van der Waals surface area contributed by atoms with Gasteiger partial charge in [0.15, 0.2) is 0 Å². The van der Waals surface area contributed by atoms with Gasteiger partial charge in [0.2, 0.25) is 11.8 Å². The minimum Gasteiger partial charge on any atom is -0.497 e. The van der Waals surface area contributed by atoms with Gasteiger partial charge in [-0.05, 0) is 42.8 Å². The van der Waals surface area contributed by atoms with E-state index in [0.29, 0.717) is 17.1 Å². The molecule has 2 amide bonds. The number of benzene rings is 2. The van der Waals surface area contributed by atoms with Crippen LogP contribution in [0.1, 0.15) is 36.1 Å². The molecular formula is C23H24F2N4O3. The van der Waals surface area contributed by atoms with Crippen LogP contribution in [0, 0.1) is 18.6 Å². The molecule has 1 unspecified atom stereocenters. The predicted molar refractivity (Wildman–Crippen MR) is 115 cm³/mol. The Morgan fingerprint density at radius 2 is 1.88 bits per heavy atom. The number of ether oxygens (including phenoxy) is 1. The lowest BCUT2D eigenvalue weighted by Crippen LogP contribution is -2.30. The van der Waals surface area contributed by atoms with Gasteiger partial charge in [-0.2, -0.15) is 5.10 Å². The molecule has 0 aliphatic heterocycles. The van der Waals surface area contributed by atoms with Crippen molar-refractivity contribution < 1.29 is 23.1 Å². The number of carbonyl (C=O) groups excluding carboxylic acids is 2. The number of nitrogens with zero attached hydrogens (tertiary/aromatic N) is 2. The Balaban J connectivity index is 1.77. The molecule has 1 heterocycles. The second-order valence-corrected chi connectivity index (χ2v) is 7.35. The summed E-state index contributed by atoms with van der Waals surface area (Å²) in [5.41, 5.74) is 1.51. The summed E-state index contributed by atoms with van der Waals surface area (Å²) in [4.78, 5) is 24.5. The Hall–Kier alpha value is -3.75. The van der Waals surface area contributed by atoms with Gasteiger partial charge in [0, 0.05) is 18.1 Å². The molecule has 0 aliphatic rings. The maximum Gasteiger partial charge on any atom is 0.227 e. The summed E-state index contributed by atoms with van der Waals surface area (Å²) in [6.45, 7) is 3.07. The highest BCUT2D eigenvalue weighted by Gasteiger charge is 2.20. The Morgan fingerprint density at radius 1 is 1.16 bits per heavy atom. The third-order valence-corrected chi connectivity index (χ3v) is 4.89. The summed E-state index contributed by atoms with van der Waals surface area (Å²) in [5.74, 6) is -0.750. The van der Waals surface area contributed by atoms with Gasteiger partial charge < -0.3 is 15.4 Å². The zero-order valence-electron chi connectivity index (χ0n) is 18.0. The van der Waals surface area contributed by atoms with E-state index in [0.717, 1.165) is 23.8 Å². The van der Waals surface area contributed by atoms with Crippen LogP contribution in [0.15, 0.2) is 48.7 Å². The van der Waals surface area contributed by atoms with Crippen molar-refractivity contribution in [1.29, 1.82) is 0 Å². The fourth-order valence-electron chi connectivity index (χ4n) is 3.29. The Morgan fingerprint density at radius 3 is 2.53 bits per heavy atom. The van der Waals surface area contributed by atoms with Crippen LogP contribution in [0.5, 0.6) is 5.75 Å². The van der Waals surface area contributed by atoms with Crippen molar-refractivity contribution in [3.8, 4) is 5.75 Å². The summed E-state index contributed by atoms with van der Waals surface area (Å²) >= 11 is 0. The summed E-state index contributed by atoms with van der Waals surface area (Å²) in [6, 6.07) is 9.65. The van der Waals surface area contributed by atoms with E-state index < -0.39 is 17.7 Å². The molecule has 3 aromatic rings. The molecular weight excluding hydrogens is 418 g/mol. The number of rotatable bonds is 8. The lowest BCUT2D eigenvalue weighted by molar-refractivity contribution is -0.120. The van der Waals surface area contributed by atoms with E-state index in [1.54, 1.807) is 38.3 Å². The molecule has 1 atom stereocenters. The van der Waals surface area contributed by atoms with Gasteiger partial charge in [-0.25, -0.2) is 13.5 Å². The van der Waals surface area contributed by atoms with Crippen LogP contribution in [-0.4, -0.2) is 28.7 Å². The molecule has 0 saturated heterocycles. The van der Waals surface area contributed by atoms with Gasteiger partial charge >= 0.3 is 0 Å². The minimum atomic E-state index is -0.568. The van der Waals surface area contributed by atoms with Crippen molar-refractivity contribution in [2.75, 3.05) is 12.4 Å². The highest BCUT2D eigenvalue weighted by atomic mass is 19.1. The summed E-state index contributed by atoms with van der Waals surface area (Å²) in [7, 11) is 1.55. The number of hydrogen-bond donors (Lipinski definition) is 2. The molecule has 0 saturated carbocycles. The third-order valence-electron chi connectivity index (χ3n) is 4.89. The van der Waals surface area contributed by atoms with Gasteiger partial charge in [-0.3, -0.25) is 9.59 Å². The maximum absolute atomic E-state index is 14.0. The van der Waals surface area contributed by atoms with Crippen molar-refractivity contribution >= 4 is 17.6 Å². The molecule has 168 valence electrons. The van der Waals surface area contributed by atoms with Crippen LogP contribution in [-0.2, 0) is 16.1 Å². The normalized spacial score (nSPS) is 11.7. The molecule has 0 fully saturated rings. The second-order valence-electron chi connectivity index (χ2n) is 7.35. The Labute approximate surface area is 184 Å². The van der Waals surface area contributed by atoms with Crippen LogP contribution in [0.4, 0.5) is 14.6 Å². The molecule has 7 nitrogen and oxygen atoms in total. The fourth-order valence-corrected chi connectivity index (χ4v) is 3.29. The number of halogens is 2. The average molecular weight is 442 g/mol. The van der Waals surface area contributed by atoms with Crippen molar-refractivity contribution in [3.05, 3.63) is 77.0 Å². The molecule has 32 heavy (non-hydrogen) atoms. The van der Waals surface area contributed by atoms with Gasteiger partial charge in [0.05, 0.1) is 32.3 Å². The Kier molecular flexibility index (Phi) is 7.19. The van der Waals surface area contributed by atoms with E-state index in [9.17, 15) is 18.4 Å². The maximum atomic E-state index is 14.0. The molecule has 2 N–H and O–H groups in total. The first-order valence-electron chi connectivity index (χ1n) is 9.94. The quantitative estimate of drug-likeness (QED) is 0.557. The number of nitrogens with one attached hydrogen (secondary N) is 2. The van der Waals surface area contributed by atoms with E-state index in [-0.39, 0.29) is 30.3 Å². The molecule has 2 aromatic carbocycles. The fraction of sp³-hybridized carbons (Fsp3) is 0.261. The largest absolute Gasteiger partial charge is 0.497 e. The van der Waals surface area contributed by atoms with Gasteiger partial charge in [-0.15, -0.1) is 0 Å². The van der Waals surface area contributed by atoms with E-state index in [4.69, 9.17) is 4.74 Å². The number of aromatic nitrogens is 2. The molecule has 0 aliphatic carbocycles. The molecule has 0 spiro atoms. The number of methoxy groups -OCH3 is 1. The number of amides is 2. The van der Waals surface area contributed by atoms with E-state index >= 15 is 0 Å². The monoisotopic (exact) mass is 442 g/mol. The molecule has 0 radical (unpaired) electrons. The Bertz CT molecular complexity index is 1110. The SMILES string of the molecule is COc1ccc(C(CC(=O)Nc2c(C)cnn2Cc2cc(F)ccc2F)NC(C)=O)cc1. The van der Waals surface area contributed by atoms with Crippen molar-refractivity contribution in [1.82, 2.24) is 15.1 Å². The zero-order valence-corrected chi connectivity index (χ0v) is 18.0. The van der Waals surface area contributed by atoms with Gasteiger partial charge in [-0.1, -0.05) is 12.1 Å². The van der Waals surface area contributed by atoms with Crippen LogP contribution >= 0.6 is 0 Å². The number of hydrogen-bond acceptors (Lipinski definition) is 4. The summed E-state index contributed by atoms with van der Waals surface area (Å²) < 4.78 is 34.1. The first-order chi connectivity index (χ1) is 15.3. The molecule has 1 aromatic heterocycles. The molecule has 9 heteroatoms. The van der Waals surface area contributed by atoms with Crippen LogP contribution in [0.2, 0.25) is 0 Å². The van der Waals surface area contributed by atoms with E-state index in [1.165, 1.54) is 17.8 Å². The van der Waals surface area contributed by atoms with Gasteiger partial charge in [0.1, 0.15) is 23.2 Å². The van der Waals surface area contributed by atoms with E-state index in [2.05, 4.69) is 15.7 Å². The van der Waals surface area contributed by atoms with Crippen molar-refractivity contribution in [2.24, 2.45) is 0 Å². The topological polar surface area (TPSA) is 85.2 Å². The van der Waals surface area contributed by atoms with Crippen LogP contribution < -0.4 is 15.4 Å². The standard InChI is InChI=1S/C23H24F2N4O3/c1-14-12-26-29(13-17-10-18(24)6-9-20(17)25)23(14)28-22(31)11-21(27-15(2)30)16-4-7-19(32-3)8-5-16/h4-10,12,21H,11,13H2,1-3H3,(H,27,30)(H,28,31). The van der Waals surface area contributed by atoms with Crippen LogP contribution in [0.3, 0.4) is 0 Å². The lowest BCUT2D eigenvalue weighted by Gasteiger charge is -2.19. The smallest absolute Gasteiger partial charge is 0.227 e. The highest BCUT2D eigenvalue weighted by Crippen LogP contribution is 2.23.